The highest BCUT2D eigenvalue weighted by molar-refractivity contribution is 7.16. The summed E-state index contributed by atoms with van der Waals surface area (Å²) in [7, 11) is 0. The third kappa shape index (κ3) is 4.80. The number of thiophene rings is 2. The summed E-state index contributed by atoms with van der Waals surface area (Å²) in [6.45, 7) is 19.9. The molecule has 0 amide bonds. The zero-order valence-corrected chi connectivity index (χ0v) is 24.6. The van der Waals surface area contributed by atoms with Gasteiger partial charge in [0.1, 0.15) is 0 Å². The fourth-order valence-electron chi connectivity index (χ4n) is 5.82. The van der Waals surface area contributed by atoms with Crippen LogP contribution in [0.25, 0.3) is 41.7 Å². The Labute approximate surface area is 245 Å². The average Bonchev–Trinajstić information content (AvgIpc) is 3.70. The zero-order valence-electron chi connectivity index (χ0n) is 23.0. The number of hydrogen-bond acceptors (Lipinski definition) is 4. The molecule has 0 N–H and O–H groups in total. The highest BCUT2D eigenvalue weighted by Gasteiger charge is 2.35. The normalized spacial score (nSPS) is 14.8. The van der Waals surface area contributed by atoms with Gasteiger partial charge in [-0.05, 0) is 83.3 Å². The Morgan fingerprint density at radius 1 is 0.625 bits per heavy atom. The summed E-state index contributed by atoms with van der Waals surface area (Å²) >= 11 is 3.49. The maximum atomic E-state index is 9.91. The van der Waals surface area contributed by atoms with Crippen LogP contribution in [0.3, 0.4) is 0 Å². The van der Waals surface area contributed by atoms with E-state index in [1.807, 2.05) is 0 Å². The fourth-order valence-corrected chi connectivity index (χ4v) is 8.29. The van der Waals surface area contributed by atoms with Gasteiger partial charge in [0, 0.05) is 30.7 Å². The average molecular weight is 559 g/mol. The number of unbranched alkanes of at least 4 members (excludes halogenated alkanes) is 6. The third-order valence-electron chi connectivity index (χ3n) is 7.75. The smallest absolute Gasteiger partial charge is 0.226 e. The van der Waals surface area contributed by atoms with Crippen LogP contribution in [-0.4, -0.2) is 0 Å². The van der Waals surface area contributed by atoms with Crippen molar-refractivity contribution in [1.29, 1.82) is 10.5 Å². The van der Waals surface area contributed by atoms with E-state index in [1.165, 1.54) is 48.3 Å². The van der Waals surface area contributed by atoms with Gasteiger partial charge < -0.3 is 0 Å². The summed E-state index contributed by atoms with van der Waals surface area (Å²) in [4.78, 5) is 12.0. The van der Waals surface area contributed by atoms with Crippen molar-refractivity contribution in [3.8, 4) is 33.0 Å². The Bertz CT molecular complexity index is 1560. The molecule has 0 aliphatic heterocycles. The molecule has 3 aromatic rings. The lowest BCUT2D eigenvalue weighted by atomic mass is 9.95. The van der Waals surface area contributed by atoms with Crippen molar-refractivity contribution in [3.05, 3.63) is 90.5 Å². The van der Waals surface area contributed by atoms with Gasteiger partial charge in [0.2, 0.25) is 0 Å². The number of fused-ring (bicyclic) bond motifs is 6. The molecule has 0 radical (unpaired) electrons. The molecule has 198 valence electrons. The predicted octanol–water partition coefficient (Wildman–Crippen LogP) is 10.4. The van der Waals surface area contributed by atoms with E-state index in [9.17, 15) is 10.5 Å². The molecule has 0 saturated carbocycles. The van der Waals surface area contributed by atoms with E-state index in [0.717, 1.165) is 80.0 Å². The van der Waals surface area contributed by atoms with Crippen molar-refractivity contribution in [2.75, 3.05) is 0 Å². The third-order valence-corrected chi connectivity index (χ3v) is 10.2. The Morgan fingerprint density at radius 2 is 1.05 bits per heavy atom. The second-order valence-corrected chi connectivity index (χ2v) is 12.6. The SMILES string of the molecule is [C-]#[N+]/C(C#N)=C1/c2cc3c(cc2-c2sc(CCCCCC)cc21)/C(=C(/C#N)[N+]#[C-])c1cc(CCCCCC)sc1-3. The summed E-state index contributed by atoms with van der Waals surface area (Å²) in [5.41, 5.74) is 7.45. The number of nitrogens with zero attached hydrogens (tertiary/aromatic N) is 4. The molecule has 6 heteroatoms. The molecule has 2 aromatic heterocycles. The molecule has 5 rings (SSSR count). The van der Waals surface area contributed by atoms with E-state index in [-0.39, 0.29) is 11.4 Å². The standard InChI is InChI=1S/C34H30N4S2/c1-5-7-9-11-13-21-15-27-31(29(19-35)37-3)23-18-26-24(17-25(23)33(27)39-21)32(30(20-36)38-4)28-16-22(40-34(26)28)14-12-10-8-6-2/h15-18H,5-14H2,1-2H3/b31-29-,32-30+. The number of rotatable bonds is 10. The molecule has 40 heavy (non-hydrogen) atoms. The molecule has 0 bridgehead atoms. The van der Waals surface area contributed by atoms with E-state index in [2.05, 4.69) is 59.9 Å². The molecule has 1 aromatic carbocycles. The topological polar surface area (TPSA) is 56.3 Å². The second-order valence-electron chi connectivity index (χ2n) is 10.4. The van der Waals surface area contributed by atoms with E-state index in [0.29, 0.717) is 0 Å². The Hall–Kier alpha value is -3.94. The van der Waals surface area contributed by atoms with Crippen LogP contribution in [0.5, 0.6) is 0 Å². The largest absolute Gasteiger partial charge is 0.270 e. The predicted molar refractivity (Wildman–Crippen MR) is 165 cm³/mol. The zero-order chi connectivity index (χ0) is 28.2. The van der Waals surface area contributed by atoms with Crippen molar-refractivity contribution in [1.82, 2.24) is 0 Å². The quantitative estimate of drug-likeness (QED) is 0.0972. The number of allylic oxidation sites excluding steroid dienone is 2. The number of nitriles is 2. The first kappa shape index (κ1) is 27.6. The van der Waals surface area contributed by atoms with E-state index < -0.39 is 0 Å². The van der Waals surface area contributed by atoms with Gasteiger partial charge in [0.05, 0.1) is 25.3 Å². The van der Waals surface area contributed by atoms with E-state index >= 15 is 0 Å². The molecule has 2 heterocycles. The van der Waals surface area contributed by atoms with Gasteiger partial charge in [-0.25, -0.2) is 20.2 Å². The van der Waals surface area contributed by atoms with Gasteiger partial charge in [-0.3, -0.25) is 0 Å². The lowest BCUT2D eigenvalue weighted by Gasteiger charge is -2.10. The highest BCUT2D eigenvalue weighted by Crippen LogP contribution is 2.57. The molecular formula is C34H30N4S2. The van der Waals surface area contributed by atoms with Crippen LogP contribution in [0.1, 0.15) is 97.2 Å². The molecule has 2 aliphatic carbocycles. The first-order valence-electron chi connectivity index (χ1n) is 14.1. The number of hydrogen-bond donors (Lipinski definition) is 0. The van der Waals surface area contributed by atoms with Crippen LogP contribution in [0, 0.1) is 35.8 Å². The molecule has 2 aliphatic rings. The lowest BCUT2D eigenvalue weighted by Crippen LogP contribution is -1.91. The Balaban J connectivity index is 1.66. The van der Waals surface area contributed by atoms with Crippen LogP contribution < -0.4 is 0 Å². The molecule has 4 nitrogen and oxygen atoms in total. The fraction of sp³-hybridized carbons (Fsp3) is 0.353. The van der Waals surface area contributed by atoms with Crippen LogP contribution in [0.4, 0.5) is 0 Å². The minimum Gasteiger partial charge on any atom is -0.226 e. The maximum absolute atomic E-state index is 9.91. The number of aryl methyl sites for hydroxylation is 2. The molecule has 0 unspecified atom stereocenters. The molecule has 0 fully saturated rings. The summed E-state index contributed by atoms with van der Waals surface area (Å²) in [6, 6.07) is 12.9. The van der Waals surface area contributed by atoms with Gasteiger partial charge in [-0.1, -0.05) is 52.4 Å². The summed E-state index contributed by atoms with van der Waals surface area (Å²) in [5.74, 6) is 0. The van der Waals surface area contributed by atoms with Crippen LogP contribution in [0.2, 0.25) is 0 Å². The minimum atomic E-state index is 0.117. The van der Waals surface area contributed by atoms with Crippen molar-refractivity contribution in [3.63, 3.8) is 0 Å². The Kier molecular flexibility index (Phi) is 8.33. The first-order valence-corrected chi connectivity index (χ1v) is 15.7. The van der Waals surface area contributed by atoms with Gasteiger partial charge in [-0.2, -0.15) is 0 Å². The second kappa shape index (κ2) is 12.1. The molecular weight excluding hydrogens is 529 g/mol. The summed E-state index contributed by atoms with van der Waals surface area (Å²) < 4.78 is 0. The highest BCUT2D eigenvalue weighted by atomic mass is 32.1. The van der Waals surface area contributed by atoms with Crippen LogP contribution >= 0.6 is 22.7 Å². The molecule has 0 spiro atoms. The minimum absolute atomic E-state index is 0.117. The van der Waals surface area contributed by atoms with Crippen molar-refractivity contribution in [2.24, 2.45) is 0 Å². The van der Waals surface area contributed by atoms with E-state index in [4.69, 9.17) is 13.1 Å². The van der Waals surface area contributed by atoms with Gasteiger partial charge in [0.25, 0.3) is 11.4 Å². The van der Waals surface area contributed by atoms with Crippen LogP contribution in [-0.2, 0) is 12.8 Å². The maximum Gasteiger partial charge on any atom is 0.270 e. The molecule has 0 saturated heterocycles. The van der Waals surface area contributed by atoms with Gasteiger partial charge in [-0.15, -0.1) is 22.7 Å². The first-order chi connectivity index (χ1) is 19.6. The summed E-state index contributed by atoms with van der Waals surface area (Å²) in [5, 5.41) is 19.8. The monoisotopic (exact) mass is 558 g/mol. The number of benzene rings is 1. The van der Waals surface area contributed by atoms with Gasteiger partial charge in [0.15, 0.2) is 0 Å². The molecule has 0 atom stereocenters. The Morgan fingerprint density at radius 3 is 1.40 bits per heavy atom. The van der Waals surface area contributed by atoms with Crippen LogP contribution in [0.15, 0.2) is 35.7 Å². The van der Waals surface area contributed by atoms with Crippen molar-refractivity contribution >= 4 is 33.8 Å². The van der Waals surface area contributed by atoms with E-state index in [1.54, 1.807) is 22.7 Å². The van der Waals surface area contributed by atoms with Crippen molar-refractivity contribution < 1.29 is 0 Å². The van der Waals surface area contributed by atoms with Gasteiger partial charge >= 0.3 is 0 Å². The summed E-state index contributed by atoms with van der Waals surface area (Å²) in [6.07, 6.45) is 11.5. The lowest BCUT2D eigenvalue weighted by molar-refractivity contribution is 0.670. The van der Waals surface area contributed by atoms with Crippen molar-refractivity contribution in [2.45, 2.75) is 78.1 Å².